The number of ether oxygens (including phenoxy) is 2. The molecule has 2 N–H and O–H groups in total. The van der Waals surface area contributed by atoms with Crippen LogP contribution in [0.4, 0.5) is 0 Å². The topological polar surface area (TPSA) is 75.8 Å². The van der Waals surface area contributed by atoms with E-state index in [1.807, 2.05) is 13.1 Å². The summed E-state index contributed by atoms with van der Waals surface area (Å²) in [6.07, 6.45) is 3.66. The van der Waals surface area contributed by atoms with E-state index in [1.54, 1.807) is 14.2 Å². The molecule has 0 aliphatic rings. The van der Waals surface area contributed by atoms with Crippen LogP contribution in [0.2, 0.25) is 0 Å². The summed E-state index contributed by atoms with van der Waals surface area (Å²) in [7, 11) is 3.41. The number of nitrogens with zero attached hydrogens (tertiary/aromatic N) is 2. The molecule has 0 saturated heterocycles. The smallest absolute Gasteiger partial charge is 0.126 e. The molecule has 2 aromatic heterocycles. The molecule has 0 saturated carbocycles. The van der Waals surface area contributed by atoms with Crippen molar-refractivity contribution in [2.24, 2.45) is 0 Å². The largest absolute Gasteiger partial charge is 0.384 e. The lowest BCUT2D eigenvalue weighted by Crippen LogP contribution is -1.96. The summed E-state index contributed by atoms with van der Waals surface area (Å²) >= 11 is 2.21. The first-order chi connectivity index (χ1) is 10.1. The van der Waals surface area contributed by atoms with Crippen LogP contribution in [0.1, 0.15) is 29.9 Å². The highest BCUT2D eigenvalue weighted by Gasteiger charge is 2.04. The van der Waals surface area contributed by atoms with Gasteiger partial charge in [0.25, 0.3) is 0 Å². The van der Waals surface area contributed by atoms with Gasteiger partial charge in [0.1, 0.15) is 3.70 Å². The zero-order chi connectivity index (χ0) is 15.7. The predicted molar refractivity (Wildman–Crippen MR) is 97.3 cm³/mol. The zero-order valence-electron chi connectivity index (χ0n) is 13.0. The highest BCUT2D eigenvalue weighted by molar-refractivity contribution is 14.1. The molecule has 0 amide bonds. The molecule has 0 unspecified atom stereocenters. The Bertz CT molecular complexity index is 525. The van der Waals surface area contributed by atoms with Crippen LogP contribution >= 0.6 is 22.6 Å². The van der Waals surface area contributed by atoms with Crippen LogP contribution in [-0.4, -0.2) is 47.8 Å². The summed E-state index contributed by atoms with van der Waals surface area (Å²) in [6, 6.07) is 0. The Morgan fingerprint density at radius 1 is 1.05 bits per heavy atom. The van der Waals surface area contributed by atoms with E-state index >= 15 is 0 Å². The standard InChI is InChI=1S/C7H11IN2O.C7H12N2O.CH4/c1-5-6(3-4-11-2)9-10-7(5)8;1-6-5-8-9-7(6)3-4-10-2;/h3-4H2,1-2H3,(H,9,10);5H,3-4H2,1-2H3,(H,8,9);1H4. The minimum Gasteiger partial charge on any atom is -0.384 e. The molecule has 0 radical (unpaired) electrons. The van der Waals surface area contributed by atoms with E-state index in [2.05, 4.69) is 49.9 Å². The first-order valence-electron chi connectivity index (χ1n) is 6.76. The van der Waals surface area contributed by atoms with Gasteiger partial charge in [-0.05, 0) is 42.0 Å². The maximum atomic E-state index is 4.96. The minimum atomic E-state index is 0. The third-order valence-corrected chi connectivity index (χ3v) is 4.15. The number of aryl methyl sites for hydroxylation is 1. The molecule has 126 valence electrons. The van der Waals surface area contributed by atoms with Crippen LogP contribution < -0.4 is 0 Å². The second kappa shape index (κ2) is 11.6. The number of hydrogen-bond donors (Lipinski definition) is 2. The lowest BCUT2D eigenvalue weighted by atomic mass is 10.2. The van der Waals surface area contributed by atoms with Crippen LogP contribution in [0, 0.1) is 17.5 Å². The van der Waals surface area contributed by atoms with Crippen molar-refractivity contribution in [2.45, 2.75) is 34.1 Å². The van der Waals surface area contributed by atoms with Gasteiger partial charge in [0.05, 0.1) is 19.4 Å². The molecule has 0 fully saturated rings. The van der Waals surface area contributed by atoms with E-state index in [0.717, 1.165) is 29.8 Å². The van der Waals surface area contributed by atoms with Gasteiger partial charge < -0.3 is 9.47 Å². The first-order valence-corrected chi connectivity index (χ1v) is 7.84. The van der Waals surface area contributed by atoms with Crippen molar-refractivity contribution in [3.8, 4) is 0 Å². The maximum Gasteiger partial charge on any atom is 0.126 e. The van der Waals surface area contributed by atoms with E-state index in [4.69, 9.17) is 9.47 Å². The van der Waals surface area contributed by atoms with Gasteiger partial charge in [-0.25, -0.2) is 0 Å². The number of H-pyrrole nitrogens is 2. The summed E-state index contributed by atoms with van der Waals surface area (Å²) < 4.78 is 10.9. The van der Waals surface area contributed by atoms with Gasteiger partial charge in [-0.3, -0.25) is 10.2 Å². The van der Waals surface area contributed by atoms with Gasteiger partial charge >= 0.3 is 0 Å². The van der Waals surface area contributed by atoms with Crippen LogP contribution in [-0.2, 0) is 22.3 Å². The Hall–Kier alpha value is -0.930. The quantitative estimate of drug-likeness (QED) is 0.702. The molecule has 22 heavy (non-hydrogen) atoms. The van der Waals surface area contributed by atoms with Gasteiger partial charge in [0.15, 0.2) is 0 Å². The average molecular weight is 422 g/mol. The van der Waals surface area contributed by atoms with E-state index in [9.17, 15) is 0 Å². The third kappa shape index (κ3) is 6.89. The molecule has 0 aliphatic carbocycles. The number of aromatic nitrogens is 4. The van der Waals surface area contributed by atoms with Crippen molar-refractivity contribution in [1.29, 1.82) is 0 Å². The van der Waals surface area contributed by atoms with E-state index < -0.39 is 0 Å². The van der Waals surface area contributed by atoms with Gasteiger partial charge in [-0.15, -0.1) is 0 Å². The Kier molecular flexibility index (Phi) is 11.1. The average Bonchev–Trinajstić information content (AvgIpc) is 3.03. The van der Waals surface area contributed by atoms with Crippen molar-refractivity contribution < 1.29 is 9.47 Å². The number of rotatable bonds is 6. The maximum absolute atomic E-state index is 4.96. The molecule has 7 heteroatoms. The Labute approximate surface area is 146 Å². The molecule has 2 rings (SSSR count). The number of halogens is 1. The second-order valence-electron chi connectivity index (χ2n) is 4.64. The van der Waals surface area contributed by atoms with Gasteiger partial charge in [-0.1, -0.05) is 7.43 Å². The van der Waals surface area contributed by atoms with Crippen molar-refractivity contribution in [1.82, 2.24) is 20.4 Å². The minimum absolute atomic E-state index is 0. The predicted octanol–water partition coefficient (Wildman–Crippen LogP) is 3.05. The molecular weight excluding hydrogens is 395 g/mol. The monoisotopic (exact) mass is 422 g/mol. The summed E-state index contributed by atoms with van der Waals surface area (Å²) in [5.74, 6) is 0. The van der Waals surface area contributed by atoms with Crippen molar-refractivity contribution in [2.75, 3.05) is 27.4 Å². The molecule has 0 atom stereocenters. The fraction of sp³-hybridized carbons (Fsp3) is 0.600. The Morgan fingerprint density at radius 3 is 2.05 bits per heavy atom. The van der Waals surface area contributed by atoms with Crippen LogP contribution in [0.5, 0.6) is 0 Å². The lowest BCUT2D eigenvalue weighted by Gasteiger charge is -1.96. The molecular formula is C15H27IN4O2. The molecule has 0 aromatic carbocycles. The molecule has 6 nitrogen and oxygen atoms in total. The van der Waals surface area contributed by atoms with E-state index in [1.165, 1.54) is 22.5 Å². The Morgan fingerprint density at radius 2 is 1.64 bits per heavy atom. The lowest BCUT2D eigenvalue weighted by molar-refractivity contribution is 0.201. The number of methoxy groups -OCH3 is 2. The SMILES string of the molecule is C.COCCc1[nH]nc(I)c1C.COCCc1[nH]ncc1C. The molecule has 0 aliphatic heterocycles. The van der Waals surface area contributed by atoms with Crippen molar-refractivity contribution in [3.63, 3.8) is 0 Å². The van der Waals surface area contributed by atoms with E-state index in [0.29, 0.717) is 0 Å². The summed E-state index contributed by atoms with van der Waals surface area (Å²) in [5.41, 5.74) is 4.79. The first kappa shape index (κ1) is 21.1. The van der Waals surface area contributed by atoms with E-state index in [-0.39, 0.29) is 7.43 Å². The fourth-order valence-corrected chi connectivity index (χ4v) is 2.13. The van der Waals surface area contributed by atoms with Crippen LogP contribution in [0.25, 0.3) is 0 Å². The van der Waals surface area contributed by atoms with Crippen molar-refractivity contribution in [3.05, 3.63) is 32.4 Å². The number of nitrogens with one attached hydrogen (secondary N) is 2. The fourth-order valence-electron chi connectivity index (χ4n) is 1.69. The van der Waals surface area contributed by atoms with Gasteiger partial charge in [0, 0.05) is 44.0 Å². The molecule has 0 spiro atoms. The van der Waals surface area contributed by atoms with Crippen LogP contribution in [0.3, 0.4) is 0 Å². The summed E-state index contributed by atoms with van der Waals surface area (Å²) in [4.78, 5) is 0. The van der Waals surface area contributed by atoms with Gasteiger partial charge in [0.2, 0.25) is 0 Å². The van der Waals surface area contributed by atoms with Crippen molar-refractivity contribution >= 4 is 22.6 Å². The molecule has 2 aromatic rings. The van der Waals surface area contributed by atoms with Gasteiger partial charge in [-0.2, -0.15) is 10.2 Å². The zero-order valence-corrected chi connectivity index (χ0v) is 15.2. The second-order valence-corrected chi connectivity index (χ2v) is 5.66. The van der Waals surface area contributed by atoms with Crippen LogP contribution in [0.15, 0.2) is 6.20 Å². The molecule has 0 bridgehead atoms. The number of hydrogen-bond acceptors (Lipinski definition) is 4. The highest BCUT2D eigenvalue weighted by atomic mass is 127. The summed E-state index contributed by atoms with van der Waals surface area (Å²) in [6.45, 7) is 5.60. The third-order valence-electron chi connectivity index (χ3n) is 3.10. The molecule has 2 heterocycles. The Balaban J connectivity index is 0.000000385. The normalized spacial score (nSPS) is 9.86. The highest BCUT2D eigenvalue weighted by Crippen LogP contribution is 2.11. The summed E-state index contributed by atoms with van der Waals surface area (Å²) in [5, 5.41) is 13.9. The number of aromatic amines is 2.